The molecule has 0 amide bonds. The Kier molecular flexibility index (Phi) is 2.63. The first kappa shape index (κ1) is 13.1. The van der Waals surface area contributed by atoms with E-state index in [0.717, 1.165) is 25.7 Å². The van der Waals surface area contributed by atoms with Crippen molar-refractivity contribution in [3.63, 3.8) is 0 Å². The van der Waals surface area contributed by atoms with Crippen LogP contribution < -0.4 is 0 Å². The number of nitriles is 2. The molecular formula is C18H20N2O. The molecule has 2 bridgehead atoms. The molecule has 4 rings (SSSR count). The zero-order valence-corrected chi connectivity index (χ0v) is 12.3. The Morgan fingerprint density at radius 2 is 1.71 bits per heavy atom. The second kappa shape index (κ2) is 4.21. The van der Waals surface area contributed by atoms with Crippen molar-refractivity contribution >= 4 is 0 Å². The Bertz CT molecular complexity index is 622. The fraction of sp³-hybridized carbons (Fsp3) is 0.667. The van der Waals surface area contributed by atoms with E-state index in [4.69, 9.17) is 4.74 Å². The molecule has 108 valence electrons. The Balaban J connectivity index is 1.81. The summed E-state index contributed by atoms with van der Waals surface area (Å²) in [5.74, 6) is 0.0778. The number of nitrogens with zero attached hydrogens (tertiary/aromatic N) is 2. The van der Waals surface area contributed by atoms with E-state index in [-0.39, 0.29) is 11.5 Å². The molecule has 1 aliphatic carbocycles. The van der Waals surface area contributed by atoms with Gasteiger partial charge in [-0.1, -0.05) is 56.8 Å². The van der Waals surface area contributed by atoms with Crippen LogP contribution in [0.4, 0.5) is 0 Å². The summed E-state index contributed by atoms with van der Waals surface area (Å²) in [6.45, 7) is 0. The van der Waals surface area contributed by atoms with Gasteiger partial charge in [-0.05, 0) is 12.8 Å². The molecule has 2 fully saturated rings. The molecule has 3 nitrogen and oxygen atoms in total. The van der Waals surface area contributed by atoms with Crippen LogP contribution in [0.15, 0.2) is 23.8 Å². The van der Waals surface area contributed by atoms with Crippen LogP contribution in [-0.4, -0.2) is 11.2 Å². The second-order valence-electron chi connectivity index (χ2n) is 6.99. The van der Waals surface area contributed by atoms with E-state index < -0.39 is 11.0 Å². The van der Waals surface area contributed by atoms with Gasteiger partial charge in [0, 0.05) is 5.92 Å². The van der Waals surface area contributed by atoms with E-state index in [1.54, 1.807) is 0 Å². The Labute approximate surface area is 125 Å². The highest BCUT2D eigenvalue weighted by atomic mass is 16.5. The summed E-state index contributed by atoms with van der Waals surface area (Å²) < 4.78 is 6.56. The van der Waals surface area contributed by atoms with Crippen LogP contribution in [0.25, 0.3) is 0 Å². The zero-order chi connectivity index (χ0) is 14.6. The minimum absolute atomic E-state index is 0.0778. The van der Waals surface area contributed by atoms with Gasteiger partial charge < -0.3 is 4.74 Å². The molecule has 0 aromatic heterocycles. The van der Waals surface area contributed by atoms with Crippen LogP contribution in [0.1, 0.15) is 51.4 Å². The highest BCUT2D eigenvalue weighted by Gasteiger charge is 2.77. The molecular weight excluding hydrogens is 260 g/mol. The molecule has 0 saturated carbocycles. The molecule has 0 aromatic carbocycles. The van der Waals surface area contributed by atoms with Gasteiger partial charge in [0.1, 0.15) is 11.0 Å². The average molecular weight is 280 g/mol. The first-order chi connectivity index (χ1) is 10.2. The van der Waals surface area contributed by atoms with Crippen LogP contribution in [0.5, 0.6) is 0 Å². The summed E-state index contributed by atoms with van der Waals surface area (Å²) >= 11 is 0. The minimum Gasteiger partial charge on any atom is -0.358 e. The maximum absolute atomic E-state index is 9.93. The summed E-state index contributed by atoms with van der Waals surface area (Å²) in [5, 5.41) is 19.4. The van der Waals surface area contributed by atoms with E-state index in [0.29, 0.717) is 5.57 Å². The van der Waals surface area contributed by atoms with Crippen molar-refractivity contribution in [3.8, 4) is 12.1 Å². The maximum atomic E-state index is 9.93. The fourth-order valence-electron chi connectivity index (χ4n) is 5.02. The molecule has 0 unspecified atom stereocenters. The molecule has 4 atom stereocenters. The van der Waals surface area contributed by atoms with Gasteiger partial charge in [-0.25, -0.2) is 0 Å². The van der Waals surface area contributed by atoms with Crippen LogP contribution in [0.2, 0.25) is 0 Å². The number of hydrogen-bond acceptors (Lipinski definition) is 3. The van der Waals surface area contributed by atoms with Gasteiger partial charge in [0.05, 0.1) is 23.3 Å². The predicted octanol–water partition coefficient (Wildman–Crippen LogP) is 3.79. The Hall–Kier alpha value is -1.58. The molecule has 0 N–H and O–H groups in total. The molecule has 21 heavy (non-hydrogen) atoms. The van der Waals surface area contributed by atoms with Crippen molar-refractivity contribution in [2.75, 3.05) is 0 Å². The summed E-state index contributed by atoms with van der Waals surface area (Å²) in [6.07, 6.45) is 15.4. The third kappa shape index (κ3) is 1.36. The average Bonchev–Trinajstić information content (AvgIpc) is 2.87. The summed E-state index contributed by atoms with van der Waals surface area (Å²) in [7, 11) is 0. The van der Waals surface area contributed by atoms with Crippen molar-refractivity contribution in [2.24, 2.45) is 11.3 Å². The van der Waals surface area contributed by atoms with Crippen LogP contribution in [0.3, 0.4) is 0 Å². The SMILES string of the molecule is N#CC1=C[C@H]2[C@@]34C=C[C@@](CCCCCCCC3)(O4)[C@@]12C#N. The van der Waals surface area contributed by atoms with Crippen molar-refractivity contribution in [1.82, 2.24) is 0 Å². The summed E-state index contributed by atoms with van der Waals surface area (Å²) in [4.78, 5) is 0. The van der Waals surface area contributed by atoms with Crippen molar-refractivity contribution < 1.29 is 4.74 Å². The highest BCUT2D eigenvalue weighted by Crippen LogP contribution is 2.71. The third-order valence-corrected chi connectivity index (χ3v) is 6.09. The van der Waals surface area contributed by atoms with Gasteiger partial charge >= 0.3 is 0 Å². The molecule has 3 heterocycles. The maximum Gasteiger partial charge on any atom is 0.133 e. The lowest BCUT2D eigenvalue weighted by molar-refractivity contribution is -0.0563. The monoisotopic (exact) mass is 280 g/mol. The third-order valence-electron chi connectivity index (χ3n) is 6.09. The van der Waals surface area contributed by atoms with Gasteiger partial charge in [-0.2, -0.15) is 10.5 Å². The van der Waals surface area contributed by atoms with Crippen LogP contribution >= 0.6 is 0 Å². The molecule has 3 heteroatoms. The molecule has 0 spiro atoms. The normalized spacial score (nSPS) is 47.3. The van der Waals surface area contributed by atoms with Gasteiger partial charge in [0.15, 0.2) is 0 Å². The molecule has 0 radical (unpaired) electrons. The van der Waals surface area contributed by atoms with E-state index in [2.05, 4.69) is 24.3 Å². The lowest BCUT2D eigenvalue weighted by Crippen LogP contribution is -2.53. The molecule has 4 aliphatic rings. The lowest BCUT2D eigenvalue weighted by Gasteiger charge is -2.47. The van der Waals surface area contributed by atoms with Gasteiger partial charge in [-0.15, -0.1) is 0 Å². The fourth-order valence-corrected chi connectivity index (χ4v) is 5.02. The van der Waals surface area contributed by atoms with Gasteiger partial charge in [0.2, 0.25) is 0 Å². The number of hydrogen-bond donors (Lipinski definition) is 0. The van der Waals surface area contributed by atoms with E-state index in [1.807, 2.05) is 6.08 Å². The molecule has 3 aliphatic heterocycles. The van der Waals surface area contributed by atoms with Crippen LogP contribution in [-0.2, 0) is 4.74 Å². The van der Waals surface area contributed by atoms with Crippen LogP contribution in [0, 0.1) is 34.0 Å². The predicted molar refractivity (Wildman–Crippen MR) is 77.9 cm³/mol. The summed E-state index contributed by atoms with van der Waals surface area (Å²) in [6, 6.07) is 4.77. The standard InChI is InChI=1S/C18H20N2O/c19-12-14-11-15-16-7-5-3-1-2-4-6-8-17(21-16,10-9-16)18(14,15)13-20/h9-11,15H,1-8H2/t15-,16-,17+,18-/m0/s1. The van der Waals surface area contributed by atoms with Gasteiger partial charge in [-0.3, -0.25) is 0 Å². The van der Waals surface area contributed by atoms with Crippen molar-refractivity contribution in [3.05, 3.63) is 23.8 Å². The largest absolute Gasteiger partial charge is 0.358 e. The molecule has 2 saturated heterocycles. The van der Waals surface area contributed by atoms with E-state index in [1.165, 1.54) is 25.7 Å². The first-order valence-corrected chi connectivity index (χ1v) is 8.17. The minimum atomic E-state index is -0.713. The van der Waals surface area contributed by atoms with Gasteiger partial charge in [0.25, 0.3) is 0 Å². The van der Waals surface area contributed by atoms with E-state index >= 15 is 0 Å². The van der Waals surface area contributed by atoms with Crippen molar-refractivity contribution in [2.45, 2.75) is 62.6 Å². The number of ether oxygens (including phenoxy) is 1. The number of fused-ring (bicyclic) bond motifs is 1. The molecule has 0 aromatic rings. The zero-order valence-electron chi connectivity index (χ0n) is 12.3. The quantitative estimate of drug-likeness (QED) is 0.634. The number of rotatable bonds is 0. The highest BCUT2D eigenvalue weighted by molar-refractivity contribution is 5.59. The first-order valence-electron chi connectivity index (χ1n) is 8.17. The topological polar surface area (TPSA) is 56.8 Å². The Morgan fingerprint density at radius 3 is 2.43 bits per heavy atom. The lowest BCUT2D eigenvalue weighted by atomic mass is 9.49. The summed E-state index contributed by atoms with van der Waals surface area (Å²) in [5.41, 5.74) is -0.939. The second-order valence-corrected chi connectivity index (χ2v) is 6.99. The van der Waals surface area contributed by atoms with E-state index in [9.17, 15) is 10.5 Å². The smallest absolute Gasteiger partial charge is 0.133 e. The Morgan fingerprint density at radius 1 is 1.00 bits per heavy atom. The van der Waals surface area contributed by atoms with Crippen molar-refractivity contribution in [1.29, 1.82) is 10.5 Å².